The van der Waals surface area contributed by atoms with E-state index in [0.717, 1.165) is 0 Å². The second-order valence-corrected chi connectivity index (χ2v) is 4.38. The van der Waals surface area contributed by atoms with Gasteiger partial charge in [-0.1, -0.05) is 0 Å². The Bertz CT molecular complexity index is 311. The van der Waals surface area contributed by atoms with E-state index in [9.17, 15) is 14.4 Å². The van der Waals surface area contributed by atoms with Crippen LogP contribution in [0, 0.1) is 0 Å². The van der Waals surface area contributed by atoms with Crippen molar-refractivity contribution in [2.24, 2.45) is 11.5 Å². The van der Waals surface area contributed by atoms with E-state index in [-0.39, 0.29) is 6.42 Å². The summed E-state index contributed by atoms with van der Waals surface area (Å²) in [6, 6.07) is -2.01. The van der Waals surface area contributed by atoms with Crippen molar-refractivity contribution in [2.45, 2.75) is 38.8 Å². The number of primary amides is 1. The van der Waals surface area contributed by atoms with Gasteiger partial charge in [-0.25, -0.2) is 10.2 Å². The SMILES string of the molecule is CC(C)(C)OC(=O)[C@@H](N)CC(=O)NNC(N)=O. The van der Waals surface area contributed by atoms with E-state index in [4.69, 9.17) is 16.2 Å². The largest absolute Gasteiger partial charge is 0.459 e. The number of rotatable bonds is 3. The molecule has 0 aromatic rings. The normalized spacial score (nSPS) is 12.5. The summed E-state index contributed by atoms with van der Waals surface area (Å²) in [5, 5.41) is 0. The molecule has 6 N–H and O–H groups in total. The van der Waals surface area contributed by atoms with Crippen LogP contribution in [0.15, 0.2) is 0 Å². The van der Waals surface area contributed by atoms with Crippen LogP contribution in [0.4, 0.5) is 4.79 Å². The molecule has 0 saturated carbocycles. The average Bonchev–Trinajstić information content (AvgIpc) is 2.11. The first-order valence-electron chi connectivity index (χ1n) is 4.94. The van der Waals surface area contributed by atoms with E-state index in [1.54, 1.807) is 20.8 Å². The van der Waals surface area contributed by atoms with Crippen LogP contribution in [-0.2, 0) is 14.3 Å². The van der Waals surface area contributed by atoms with Crippen molar-refractivity contribution in [3.8, 4) is 0 Å². The van der Waals surface area contributed by atoms with Gasteiger partial charge in [-0.3, -0.25) is 15.0 Å². The molecular formula is C9H18N4O4. The third kappa shape index (κ3) is 8.03. The number of amides is 3. The molecular weight excluding hydrogens is 228 g/mol. The fourth-order valence-corrected chi connectivity index (χ4v) is 0.843. The molecule has 0 aliphatic heterocycles. The second kappa shape index (κ2) is 6.04. The minimum atomic E-state index is -1.09. The summed E-state index contributed by atoms with van der Waals surface area (Å²) in [6.07, 6.45) is -0.310. The Hall–Kier alpha value is -1.83. The Morgan fingerprint density at radius 1 is 1.24 bits per heavy atom. The molecule has 0 heterocycles. The number of nitrogens with one attached hydrogen (secondary N) is 2. The molecule has 0 fully saturated rings. The summed E-state index contributed by atoms with van der Waals surface area (Å²) in [7, 11) is 0. The standard InChI is InChI=1S/C9H18N4O4/c1-9(2,3)17-7(15)5(10)4-6(14)12-13-8(11)16/h5H,4,10H2,1-3H3,(H,12,14)(H3,11,13,16)/t5-/m0/s1. The number of carbonyl (C=O) groups excluding carboxylic acids is 3. The number of hydrogen-bond acceptors (Lipinski definition) is 5. The maximum absolute atomic E-state index is 11.4. The summed E-state index contributed by atoms with van der Waals surface area (Å²) in [5.41, 5.74) is 13.4. The van der Waals surface area contributed by atoms with Gasteiger partial charge in [0.15, 0.2) is 0 Å². The van der Waals surface area contributed by atoms with Crippen LogP contribution in [0.5, 0.6) is 0 Å². The minimum absolute atomic E-state index is 0.310. The molecule has 0 aromatic heterocycles. The van der Waals surface area contributed by atoms with Gasteiger partial charge in [-0.15, -0.1) is 0 Å². The van der Waals surface area contributed by atoms with Crippen molar-refractivity contribution in [3.05, 3.63) is 0 Å². The number of urea groups is 1. The van der Waals surface area contributed by atoms with Gasteiger partial charge in [0, 0.05) is 0 Å². The smallest absolute Gasteiger partial charge is 0.330 e. The molecule has 3 amide bonds. The van der Waals surface area contributed by atoms with Crippen LogP contribution in [0.2, 0.25) is 0 Å². The van der Waals surface area contributed by atoms with E-state index in [1.165, 1.54) is 0 Å². The highest BCUT2D eigenvalue weighted by molar-refractivity contribution is 5.86. The third-order valence-electron chi connectivity index (χ3n) is 1.44. The van der Waals surface area contributed by atoms with Crippen molar-refractivity contribution in [1.29, 1.82) is 0 Å². The average molecular weight is 246 g/mol. The lowest BCUT2D eigenvalue weighted by Crippen LogP contribution is -2.47. The quantitative estimate of drug-likeness (QED) is 0.364. The molecule has 0 unspecified atom stereocenters. The molecule has 0 aromatic carbocycles. The molecule has 98 valence electrons. The topological polar surface area (TPSA) is 137 Å². The molecule has 0 saturated heterocycles. The fraction of sp³-hybridized carbons (Fsp3) is 0.667. The van der Waals surface area contributed by atoms with Crippen molar-refractivity contribution in [3.63, 3.8) is 0 Å². The molecule has 8 heteroatoms. The van der Waals surface area contributed by atoms with Gasteiger partial charge in [-0.2, -0.15) is 0 Å². The molecule has 0 aliphatic rings. The fourth-order valence-electron chi connectivity index (χ4n) is 0.843. The Morgan fingerprint density at radius 2 is 1.76 bits per heavy atom. The first-order chi connectivity index (χ1) is 7.61. The van der Waals surface area contributed by atoms with Gasteiger partial charge < -0.3 is 16.2 Å². The van der Waals surface area contributed by atoms with Gasteiger partial charge in [0.05, 0.1) is 6.42 Å². The number of esters is 1. The molecule has 0 radical (unpaired) electrons. The predicted octanol–water partition coefficient (Wildman–Crippen LogP) is -1.25. The number of carbonyl (C=O) groups is 3. The predicted molar refractivity (Wildman–Crippen MR) is 59.3 cm³/mol. The number of ether oxygens (including phenoxy) is 1. The summed E-state index contributed by atoms with van der Waals surface area (Å²) in [5.74, 6) is -1.33. The van der Waals surface area contributed by atoms with Gasteiger partial charge >= 0.3 is 12.0 Å². The van der Waals surface area contributed by atoms with Crippen molar-refractivity contribution in [1.82, 2.24) is 10.9 Å². The summed E-state index contributed by atoms with van der Waals surface area (Å²) >= 11 is 0. The Labute approximate surface area is 99.0 Å². The zero-order valence-electron chi connectivity index (χ0n) is 10.1. The van der Waals surface area contributed by atoms with E-state index >= 15 is 0 Å². The van der Waals surface area contributed by atoms with Crippen LogP contribution >= 0.6 is 0 Å². The van der Waals surface area contributed by atoms with E-state index in [1.807, 2.05) is 10.9 Å². The number of hydrazine groups is 1. The molecule has 8 nitrogen and oxygen atoms in total. The van der Waals surface area contributed by atoms with Crippen LogP contribution < -0.4 is 22.3 Å². The molecule has 0 spiro atoms. The lowest BCUT2D eigenvalue weighted by molar-refractivity contribution is -0.157. The van der Waals surface area contributed by atoms with Crippen LogP contribution in [-0.4, -0.2) is 29.6 Å². The third-order valence-corrected chi connectivity index (χ3v) is 1.44. The zero-order chi connectivity index (χ0) is 13.6. The van der Waals surface area contributed by atoms with Crippen molar-refractivity contribution < 1.29 is 19.1 Å². The lowest BCUT2D eigenvalue weighted by Gasteiger charge is -2.21. The Morgan fingerprint density at radius 3 is 2.18 bits per heavy atom. The number of nitrogens with two attached hydrogens (primary N) is 2. The van der Waals surface area contributed by atoms with E-state index in [2.05, 4.69) is 0 Å². The van der Waals surface area contributed by atoms with Gasteiger partial charge in [0.25, 0.3) is 0 Å². The highest BCUT2D eigenvalue weighted by Crippen LogP contribution is 2.08. The lowest BCUT2D eigenvalue weighted by atomic mass is 10.1. The monoisotopic (exact) mass is 246 g/mol. The van der Waals surface area contributed by atoms with Gasteiger partial charge in [0.2, 0.25) is 5.91 Å². The molecule has 0 rings (SSSR count). The van der Waals surface area contributed by atoms with Crippen LogP contribution in [0.25, 0.3) is 0 Å². The first kappa shape index (κ1) is 15.2. The molecule has 1 atom stereocenters. The molecule has 0 aliphatic carbocycles. The second-order valence-electron chi connectivity index (χ2n) is 4.38. The zero-order valence-corrected chi connectivity index (χ0v) is 10.1. The minimum Gasteiger partial charge on any atom is -0.459 e. The van der Waals surface area contributed by atoms with Gasteiger partial charge in [-0.05, 0) is 20.8 Å². The Kier molecular flexibility index (Phi) is 5.39. The molecule has 17 heavy (non-hydrogen) atoms. The molecule has 0 bridgehead atoms. The maximum Gasteiger partial charge on any atom is 0.330 e. The van der Waals surface area contributed by atoms with E-state index in [0.29, 0.717) is 0 Å². The Balaban J connectivity index is 4.08. The van der Waals surface area contributed by atoms with Crippen LogP contribution in [0.3, 0.4) is 0 Å². The highest BCUT2D eigenvalue weighted by atomic mass is 16.6. The first-order valence-corrected chi connectivity index (χ1v) is 4.94. The summed E-state index contributed by atoms with van der Waals surface area (Å²) in [4.78, 5) is 32.8. The van der Waals surface area contributed by atoms with E-state index < -0.39 is 29.6 Å². The van der Waals surface area contributed by atoms with Gasteiger partial charge in [0.1, 0.15) is 11.6 Å². The summed E-state index contributed by atoms with van der Waals surface area (Å²) < 4.78 is 4.97. The maximum atomic E-state index is 11.4. The highest BCUT2D eigenvalue weighted by Gasteiger charge is 2.24. The van der Waals surface area contributed by atoms with Crippen molar-refractivity contribution in [2.75, 3.05) is 0 Å². The van der Waals surface area contributed by atoms with Crippen LogP contribution in [0.1, 0.15) is 27.2 Å². The van der Waals surface area contributed by atoms with Crippen molar-refractivity contribution >= 4 is 17.9 Å². The summed E-state index contributed by atoms with van der Waals surface area (Å²) in [6.45, 7) is 5.06. The number of hydrogen-bond donors (Lipinski definition) is 4.